The Morgan fingerprint density at radius 2 is 1.14 bits per heavy atom. The van der Waals surface area contributed by atoms with Crippen molar-refractivity contribution in [2.24, 2.45) is 0 Å². The Morgan fingerprint density at radius 3 is 1.45 bits per heavy atom. The highest BCUT2D eigenvalue weighted by Gasteiger charge is 2.28. The molecule has 1 aromatic rings. The highest BCUT2D eigenvalue weighted by atomic mass is 14.9. The van der Waals surface area contributed by atoms with Crippen molar-refractivity contribution in [1.82, 2.24) is 5.32 Å². The lowest BCUT2D eigenvalue weighted by atomic mass is 9.75. The first-order chi connectivity index (χ1) is 10.3. The first kappa shape index (κ1) is 26.1. The van der Waals surface area contributed by atoms with Crippen LogP contribution in [0.4, 0.5) is 0 Å². The lowest BCUT2D eigenvalue weighted by Crippen LogP contribution is -2.41. The van der Waals surface area contributed by atoms with E-state index >= 15 is 0 Å². The Morgan fingerprint density at radius 1 is 0.773 bits per heavy atom. The molecule has 0 saturated heterocycles. The summed E-state index contributed by atoms with van der Waals surface area (Å²) in [4.78, 5) is 0. The van der Waals surface area contributed by atoms with Gasteiger partial charge in [-0.25, -0.2) is 0 Å². The third kappa shape index (κ3) is 10.8. The van der Waals surface area contributed by atoms with Crippen LogP contribution < -0.4 is 5.32 Å². The van der Waals surface area contributed by atoms with Gasteiger partial charge in [0.25, 0.3) is 0 Å². The van der Waals surface area contributed by atoms with E-state index in [4.69, 9.17) is 0 Å². The quantitative estimate of drug-likeness (QED) is 0.649. The summed E-state index contributed by atoms with van der Waals surface area (Å²) < 4.78 is 0. The van der Waals surface area contributed by atoms with Gasteiger partial charge in [-0.3, -0.25) is 0 Å². The van der Waals surface area contributed by atoms with Gasteiger partial charge in [-0.1, -0.05) is 85.2 Å². The lowest BCUT2D eigenvalue weighted by Gasteiger charge is -2.35. The fraction of sp³-hybridized carbons (Fsp3) is 0.714. The molecule has 1 rings (SSSR count). The summed E-state index contributed by atoms with van der Waals surface area (Å²) in [5.41, 5.74) is 3.13. The van der Waals surface area contributed by atoms with Gasteiger partial charge in [0.05, 0.1) is 0 Å². The second-order valence-electron chi connectivity index (χ2n) is 6.06. The summed E-state index contributed by atoms with van der Waals surface area (Å²) in [7, 11) is 2.03. The predicted molar refractivity (Wildman–Crippen MR) is 106 cm³/mol. The van der Waals surface area contributed by atoms with E-state index in [0.29, 0.717) is 0 Å². The second-order valence-corrected chi connectivity index (χ2v) is 6.06. The zero-order chi connectivity index (χ0) is 18.4. The molecule has 1 N–H and O–H groups in total. The third-order valence-corrected chi connectivity index (χ3v) is 3.39. The maximum absolute atomic E-state index is 3.38. The van der Waals surface area contributed by atoms with Gasteiger partial charge in [0.1, 0.15) is 0 Å². The van der Waals surface area contributed by atoms with Crippen molar-refractivity contribution in [2.45, 2.75) is 93.5 Å². The van der Waals surface area contributed by atoms with Crippen molar-refractivity contribution in [3.8, 4) is 0 Å². The molecule has 0 amide bonds. The number of rotatable bonds is 4. The molecule has 1 aromatic carbocycles. The number of nitrogens with one attached hydrogen (secondary N) is 1. The molecule has 0 aliphatic heterocycles. The van der Waals surface area contributed by atoms with Crippen LogP contribution in [0.5, 0.6) is 0 Å². The van der Waals surface area contributed by atoms with E-state index in [0.717, 1.165) is 6.42 Å². The highest BCUT2D eigenvalue weighted by molar-refractivity contribution is 5.28. The van der Waals surface area contributed by atoms with E-state index in [1.807, 2.05) is 48.6 Å². The normalized spacial score (nSPS) is 10.2. The fourth-order valence-corrected chi connectivity index (χ4v) is 2.30. The van der Waals surface area contributed by atoms with Crippen molar-refractivity contribution in [1.29, 1.82) is 0 Å². The third-order valence-electron chi connectivity index (χ3n) is 3.39. The summed E-state index contributed by atoms with van der Waals surface area (Å²) in [6.45, 7) is 23.3. The fourth-order valence-electron chi connectivity index (χ4n) is 2.30. The molecule has 0 unspecified atom stereocenters. The number of hydrogen-bond acceptors (Lipinski definition) is 1. The first-order valence-corrected chi connectivity index (χ1v) is 9.03. The van der Waals surface area contributed by atoms with Gasteiger partial charge < -0.3 is 5.32 Å². The molecule has 0 spiro atoms. The summed E-state index contributed by atoms with van der Waals surface area (Å²) in [5.74, 6) is 0. The van der Waals surface area contributed by atoms with Crippen LogP contribution in [0.1, 0.15) is 86.8 Å². The van der Waals surface area contributed by atoms with Gasteiger partial charge in [-0.15, -0.1) is 0 Å². The molecular formula is C21H43N. The van der Waals surface area contributed by atoms with E-state index in [1.54, 1.807) is 0 Å². The van der Waals surface area contributed by atoms with Crippen LogP contribution in [0.25, 0.3) is 0 Å². The van der Waals surface area contributed by atoms with Gasteiger partial charge in [0.2, 0.25) is 0 Å². The summed E-state index contributed by atoms with van der Waals surface area (Å²) in [6.07, 6.45) is 1.12. The van der Waals surface area contributed by atoms with E-state index in [1.165, 1.54) is 11.1 Å². The lowest BCUT2D eigenvalue weighted by molar-refractivity contribution is 0.305. The van der Waals surface area contributed by atoms with Crippen LogP contribution in [-0.2, 0) is 5.41 Å². The standard InChI is InChI=1S/C15H25N.3C2H6/c1-12-7-9-13(10-8-12)14(2,3)11-15(4,5)16-6;3*1-2/h7-10,16H,11H2,1-6H3;3*1-2H3. The average molecular weight is 310 g/mol. The zero-order valence-electron chi connectivity index (χ0n) is 17.5. The molecule has 132 valence electrons. The van der Waals surface area contributed by atoms with Gasteiger partial charge >= 0.3 is 0 Å². The van der Waals surface area contributed by atoms with E-state index in [9.17, 15) is 0 Å². The van der Waals surface area contributed by atoms with Crippen LogP contribution in [0, 0.1) is 6.92 Å². The van der Waals surface area contributed by atoms with Gasteiger partial charge in [-0.2, -0.15) is 0 Å². The Kier molecular flexibility index (Phi) is 16.4. The molecule has 0 radical (unpaired) electrons. The van der Waals surface area contributed by atoms with Gasteiger partial charge in [0.15, 0.2) is 0 Å². The maximum atomic E-state index is 3.38. The number of benzene rings is 1. The molecule has 0 fully saturated rings. The molecule has 22 heavy (non-hydrogen) atoms. The van der Waals surface area contributed by atoms with Crippen LogP contribution >= 0.6 is 0 Å². The number of hydrogen-bond donors (Lipinski definition) is 1. The van der Waals surface area contributed by atoms with Gasteiger partial charge in [-0.05, 0) is 45.2 Å². The molecule has 1 nitrogen and oxygen atoms in total. The average Bonchev–Trinajstić information content (AvgIpc) is 2.53. The summed E-state index contributed by atoms with van der Waals surface area (Å²) >= 11 is 0. The predicted octanol–water partition coefficient (Wildman–Crippen LogP) is 6.74. The molecule has 0 bridgehead atoms. The molecule has 0 heterocycles. The van der Waals surface area contributed by atoms with Crippen molar-refractivity contribution in [3.05, 3.63) is 35.4 Å². The maximum Gasteiger partial charge on any atom is 0.0130 e. The van der Waals surface area contributed by atoms with Gasteiger partial charge in [0, 0.05) is 5.54 Å². The van der Waals surface area contributed by atoms with E-state index in [2.05, 4.69) is 64.2 Å². The summed E-state index contributed by atoms with van der Waals surface area (Å²) in [5, 5.41) is 3.38. The van der Waals surface area contributed by atoms with E-state index < -0.39 is 0 Å². The largest absolute Gasteiger partial charge is 0.315 e. The van der Waals surface area contributed by atoms with Crippen molar-refractivity contribution in [2.75, 3.05) is 7.05 Å². The van der Waals surface area contributed by atoms with Crippen molar-refractivity contribution in [3.63, 3.8) is 0 Å². The molecule has 0 aliphatic carbocycles. The highest BCUT2D eigenvalue weighted by Crippen LogP contribution is 2.32. The molecule has 0 saturated carbocycles. The number of aryl methyl sites for hydroxylation is 1. The van der Waals surface area contributed by atoms with Crippen molar-refractivity contribution >= 4 is 0 Å². The molecule has 0 aliphatic rings. The zero-order valence-corrected chi connectivity index (χ0v) is 17.5. The molecular weight excluding hydrogens is 266 g/mol. The Hall–Kier alpha value is -0.820. The smallest absolute Gasteiger partial charge is 0.0130 e. The van der Waals surface area contributed by atoms with E-state index in [-0.39, 0.29) is 11.0 Å². The Bertz CT molecular complexity index is 333. The van der Waals surface area contributed by atoms with Crippen molar-refractivity contribution < 1.29 is 0 Å². The minimum Gasteiger partial charge on any atom is -0.315 e. The second kappa shape index (κ2) is 13.8. The van der Waals surface area contributed by atoms with Crippen LogP contribution in [0.2, 0.25) is 0 Å². The Balaban J connectivity index is -0.000000535. The minimum absolute atomic E-state index is 0.175. The SMILES string of the molecule is CC.CC.CC.CNC(C)(C)CC(C)(C)c1ccc(C)cc1. The topological polar surface area (TPSA) is 12.0 Å². The minimum atomic E-state index is 0.175. The molecule has 0 atom stereocenters. The molecule has 0 aromatic heterocycles. The van der Waals surface area contributed by atoms with Crippen LogP contribution in [-0.4, -0.2) is 12.6 Å². The van der Waals surface area contributed by atoms with Crippen LogP contribution in [0.15, 0.2) is 24.3 Å². The summed E-state index contributed by atoms with van der Waals surface area (Å²) in [6, 6.07) is 8.90. The monoisotopic (exact) mass is 309 g/mol. The molecule has 1 heteroatoms. The first-order valence-electron chi connectivity index (χ1n) is 9.03. The Labute approximate surface area is 141 Å². The van der Waals surface area contributed by atoms with Crippen LogP contribution in [0.3, 0.4) is 0 Å².